The molecule has 0 spiro atoms. The highest BCUT2D eigenvalue weighted by atomic mass is 79.9. The number of halogens is 2. The predicted octanol–water partition coefficient (Wildman–Crippen LogP) is 1.78. The van der Waals surface area contributed by atoms with E-state index in [0.29, 0.717) is 0 Å². The second kappa shape index (κ2) is 5.83. The maximum Gasteiger partial charge on any atom is 0.242 e. The number of likely N-dealkylation sites (tertiary alicyclic amines) is 2. The van der Waals surface area contributed by atoms with Gasteiger partial charge in [-0.15, -0.1) is 0 Å². The van der Waals surface area contributed by atoms with Crippen molar-refractivity contribution in [1.82, 2.24) is 9.80 Å². The minimum atomic E-state index is -0.222. The monoisotopic (exact) mass is 446 g/mol. The summed E-state index contributed by atoms with van der Waals surface area (Å²) < 4.78 is 0. The Morgan fingerprint density at radius 3 is 2.00 bits per heavy atom. The van der Waals surface area contributed by atoms with Crippen LogP contribution in [0.2, 0.25) is 0 Å². The van der Waals surface area contributed by atoms with Crippen LogP contribution in [0.5, 0.6) is 0 Å². The highest BCUT2D eigenvalue weighted by molar-refractivity contribution is 9.12. The smallest absolute Gasteiger partial charge is 0.242 e. The maximum atomic E-state index is 12.8. The molecule has 23 heavy (non-hydrogen) atoms. The molecule has 2 saturated heterocycles. The fraction of sp³-hybridized carbons (Fsp3) is 0.812. The molecule has 7 heteroatoms. The van der Waals surface area contributed by atoms with Gasteiger partial charge in [-0.2, -0.15) is 0 Å². The summed E-state index contributed by atoms with van der Waals surface area (Å²) in [6.45, 7) is 1.43. The third-order valence-electron chi connectivity index (χ3n) is 6.08. The summed E-state index contributed by atoms with van der Waals surface area (Å²) in [7, 11) is 0. The van der Waals surface area contributed by atoms with E-state index in [1.165, 1.54) is 4.90 Å². The Kier molecular flexibility index (Phi) is 4.07. The van der Waals surface area contributed by atoms with E-state index < -0.39 is 0 Å². The summed E-state index contributed by atoms with van der Waals surface area (Å²) >= 11 is 7.35. The lowest BCUT2D eigenvalue weighted by atomic mass is 9.81. The van der Waals surface area contributed by atoms with Crippen LogP contribution >= 0.6 is 31.9 Å². The molecule has 2 bridgehead atoms. The van der Waals surface area contributed by atoms with Crippen molar-refractivity contribution >= 4 is 49.6 Å². The second-order valence-electron chi connectivity index (χ2n) is 7.21. The normalized spacial score (nSPS) is 42.5. The van der Waals surface area contributed by atoms with Crippen molar-refractivity contribution in [3.05, 3.63) is 0 Å². The van der Waals surface area contributed by atoms with Gasteiger partial charge >= 0.3 is 0 Å². The Hall–Kier alpha value is -0.430. The lowest BCUT2D eigenvalue weighted by Crippen LogP contribution is -2.45. The molecule has 126 valence electrons. The number of rotatable bonds is 2. The molecule has 0 N–H and O–H groups in total. The first-order valence-electron chi connectivity index (χ1n) is 8.42. The van der Waals surface area contributed by atoms with Crippen molar-refractivity contribution in [3.8, 4) is 0 Å². The summed E-state index contributed by atoms with van der Waals surface area (Å²) in [5.74, 6) is -0.352. The van der Waals surface area contributed by atoms with Crippen LogP contribution in [0.1, 0.15) is 25.7 Å². The third-order valence-corrected chi connectivity index (χ3v) is 9.29. The Morgan fingerprint density at radius 1 is 0.957 bits per heavy atom. The molecule has 0 aromatic rings. The van der Waals surface area contributed by atoms with Gasteiger partial charge < -0.3 is 4.90 Å². The van der Waals surface area contributed by atoms with Crippen molar-refractivity contribution in [3.63, 3.8) is 0 Å². The highest BCUT2D eigenvalue weighted by Crippen LogP contribution is 2.60. The number of hydrogen-bond donors (Lipinski definition) is 0. The molecule has 0 radical (unpaired) electrons. The van der Waals surface area contributed by atoms with Gasteiger partial charge in [0.05, 0.1) is 11.8 Å². The third kappa shape index (κ3) is 2.33. The maximum absolute atomic E-state index is 12.8. The minimum Gasteiger partial charge on any atom is -0.341 e. The molecule has 3 amide bonds. The van der Waals surface area contributed by atoms with Crippen LogP contribution in [-0.2, 0) is 14.4 Å². The number of nitrogens with zero attached hydrogens (tertiary/aromatic N) is 2. The van der Waals surface area contributed by atoms with Gasteiger partial charge in [-0.1, -0.05) is 31.9 Å². The number of imide groups is 1. The number of amides is 3. The lowest BCUT2D eigenvalue weighted by molar-refractivity contribution is -0.147. The first kappa shape index (κ1) is 16.1. The molecule has 2 aliphatic heterocycles. The van der Waals surface area contributed by atoms with Gasteiger partial charge in [0.15, 0.2) is 0 Å². The fourth-order valence-corrected chi connectivity index (χ4v) is 6.82. The summed E-state index contributed by atoms with van der Waals surface area (Å²) in [4.78, 5) is 41.5. The molecular formula is C16H20Br2N2O3. The van der Waals surface area contributed by atoms with E-state index in [1.807, 2.05) is 0 Å². The molecule has 4 fully saturated rings. The van der Waals surface area contributed by atoms with Crippen LogP contribution in [0, 0.1) is 23.7 Å². The molecule has 2 aliphatic carbocycles. The van der Waals surface area contributed by atoms with Crippen LogP contribution in [0.15, 0.2) is 0 Å². The van der Waals surface area contributed by atoms with E-state index in [1.54, 1.807) is 4.90 Å². The fourth-order valence-electron chi connectivity index (χ4n) is 4.94. The molecule has 2 saturated carbocycles. The number of carbonyl (C=O) groups excluding carboxylic acids is 3. The van der Waals surface area contributed by atoms with E-state index in [4.69, 9.17) is 0 Å². The van der Waals surface area contributed by atoms with Crippen LogP contribution in [0.3, 0.4) is 0 Å². The minimum absolute atomic E-state index is 0.0655. The van der Waals surface area contributed by atoms with Crippen molar-refractivity contribution in [2.24, 2.45) is 23.7 Å². The van der Waals surface area contributed by atoms with Crippen LogP contribution in [0.4, 0.5) is 0 Å². The molecular weight excluding hydrogens is 428 g/mol. The topological polar surface area (TPSA) is 57.7 Å². The Bertz CT molecular complexity index is 532. The van der Waals surface area contributed by atoms with E-state index in [9.17, 15) is 14.4 Å². The Balaban J connectivity index is 1.50. The number of carbonyl (C=O) groups is 3. The predicted molar refractivity (Wildman–Crippen MR) is 91.2 cm³/mol. The molecule has 0 unspecified atom stereocenters. The number of piperidine rings is 1. The Labute approximate surface area is 152 Å². The molecule has 6 atom stereocenters. The Morgan fingerprint density at radius 2 is 1.48 bits per heavy atom. The highest BCUT2D eigenvalue weighted by Gasteiger charge is 2.66. The SMILES string of the molecule is O=C(CN1C(=O)[C@@H]2[C@@H]3C[C@H]([C@H](Br)[C@@H]3Br)[C@@H]2C1=O)N1CCCCC1. The van der Waals surface area contributed by atoms with Crippen molar-refractivity contribution < 1.29 is 14.4 Å². The van der Waals surface area contributed by atoms with Gasteiger partial charge in [-0.25, -0.2) is 0 Å². The zero-order valence-electron chi connectivity index (χ0n) is 12.8. The average Bonchev–Trinajstić information content (AvgIpc) is 3.16. The van der Waals surface area contributed by atoms with Crippen LogP contribution in [-0.4, -0.2) is 56.8 Å². The lowest BCUT2D eigenvalue weighted by Gasteiger charge is -2.28. The van der Waals surface area contributed by atoms with Crippen LogP contribution in [0.25, 0.3) is 0 Å². The summed E-state index contributed by atoms with van der Waals surface area (Å²) in [6.07, 6.45) is 4.10. The van der Waals surface area contributed by atoms with Crippen LogP contribution < -0.4 is 0 Å². The molecule has 5 nitrogen and oxygen atoms in total. The molecule has 4 aliphatic rings. The first-order valence-corrected chi connectivity index (χ1v) is 10.2. The number of fused-ring (bicyclic) bond motifs is 5. The zero-order chi connectivity index (χ0) is 16.3. The van der Waals surface area contributed by atoms with Gasteiger partial charge in [-0.05, 0) is 37.5 Å². The summed E-state index contributed by atoms with van der Waals surface area (Å²) in [5.41, 5.74) is 0. The quantitative estimate of drug-likeness (QED) is 0.478. The van der Waals surface area contributed by atoms with Crippen molar-refractivity contribution in [2.75, 3.05) is 19.6 Å². The standard InChI is InChI=1S/C16H20Br2N2O3/c17-13-8-6-9(14(13)18)12-11(8)15(22)20(16(12)23)7-10(21)19-4-2-1-3-5-19/h8-9,11-14H,1-7H2/t8-,9-,11-,12+,13-,14+/m0/s1. The van der Waals surface area contributed by atoms with E-state index in [2.05, 4.69) is 31.9 Å². The van der Waals surface area contributed by atoms with Crippen molar-refractivity contribution in [2.45, 2.75) is 35.3 Å². The van der Waals surface area contributed by atoms with Gasteiger partial charge in [0, 0.05) is 22.7 Å². The van der Waals surface area contributed by atoms with Gasteiger partial charge in [0.25, 0.3) is 0 Å². The second-order valence-corrected chi connectivity index (χ2v) is 9.32. The number of hydrogen-bond acceptors (Lipinski definition) is 3. The summed E-state index contributed by atoms with van der Waals surface area (Å²) in [6, 6.07) is 0. The summed E-state index contributed by atoms with van der Waals surface area (Å²) in [5, 5.41) is 0. The molecule has 0 aromatic carbocycles. The molecule has 0 aromatic heterocycles. The molecule has 4 rings (SSSR count). The first-order chi connectivity index (χ1) is 11.0. The zero-order valence-corrected chi connectivity index (χ0v) is 16.0. The largest absolute Gasteiger partial charge is 0.341 e. The van der Waals surface area contributed by atoms with E-state index in [-0.39, 0.29) is 57.6 Å². The number of alkyl halides is 2. The average molecular weight is 448 g/mol. The van der Waals surface area contributed by atoms with E-state index >= 15 is 0 Å². The van der Waals surface area contributed by atoms with Crippen molar-refractivity contribution in [1.29, 1.82) is 0 Å². The molecule has 2 heterocycles. The van der Waals surface area contributed by atoms with Gasteiger partial charge in [0.1, 0.15) is 6.54 Å². The van der Waals surface area contributed by atoms with E-state index in [0.717, 1.165) is 38.8 Å². The van der Waals surface area contributed by atoms with Gasteiger partial charge in [-0.3, -0.25) is 19.3 Å². The van der Waals surface area contributed by atoms with Gasteiger partial charge in [0.2, 0.25) is 17.7 Å².